The standard InChI is InChI=1S/C38H38N2O5S2/c1-4-39(25-28-9-6-8-27(3)22-28)32-16-12-30(13-17-32)38(36-21-20-34(41)24-37(36)47(44)45)31-14-18-33(19-15-31)40(5-2)26-29-10-7-11-35(23-29)46(42)43/h6-24,47H,4-5,25-26H2,1-3H3,(H,42,43)/p+1. The second-order valence-corrected chi connectivity index (χ2v) is 13.3. The first-order chi connectivity index (χ1) is 22.7. The summed E-state index contributed by atoms with van der Waals surface area (Å²) in [6, 6.07) is 28.0. The number of aryl methyl sites for hydroxylation is 1. The summed E-state index contributed by atoms with van der Waals surface area (Å²) in [6.45, 7) is 9.11. The van der Waals surface area contributed by atoms with Gasteiger partial charge in [-0.15, -0.1) is 0 Å². The molecule has 0 bridgehead atoms. The zero-order chi connectivity index (χ0) is 33.5. The lowest BCUT2D eigenvalue weighted by Crippen LogP contribution is -2.22. The Bertz CT molecular complexity index is 1980. The number of anilines is 1. The lowest BCUT2D eigenvalue weighted by molar-refractivity contribution is -0.539. The number of phenols is 1. The van der Waals surface area contributed by atoms with Crippen molar-refractivity contribution >= 4 is 38.8 Å². The van der Waals surface area contributed by atoms with Crippen LogP contribution in [0.15, 0.2) is 131 Å². The number of nitrogens with zero attached hydrogens (tertiary/aromatic N) is 2. The minimum atomic E-state index is -2.99. The molecule has 7 nitrogen and oxygen atoms in total. The zero-order valence-corrected chi connectivity index (χ0v) is 28.4. The summed E-state index contributed by atoms with van der Waals surface area (Å²) >= 11 is -2.05. The molecule has 242 valence electrons. The van der Waals surface area contributed by atoms with Gasteiger partial charge >= 0.3 is 0 Å². The fourth-order valence-electron chi connectivity index (χ4n) is 5.81. The van der Waals surface area contributed by atoms with Crippen molar-refractivity contribution in [2.75, 3.05) is 18.0 Å². The maximum absolute atomic E-state index is 12.4. The first kappa shape index (κ1) is 33.8. The molecular weight excluding hydrogens is 629 g/mol. The van der Waals surface area contributed by atoms with Crippen molar-refractivity contribution in [2.24, 2.45) is 0 Å². The van der Waals surface area contributed by atoms with Gasteiger partial charge in [0.2, 0.25) is 0 Å². The Kier molecular flexibility index (Phi) is 11.0. The van der Waals surface area contributed by atoms with Gasteiger partial charge in [-0.3, -0.25) is 0 Å². The molecule has 0 heterocycles. The van der Waals surface area contributed by atoms with Gasteiger partial charge in [-0.1, -0.05) is 48.0 Å². The Balaban J connectivity index is 1.54. The Hall–Kier alpha value is -4.57. The van der Waals surface area contributed by atoms with Crippen molar-refractivity contribution in [1.29, 1.82) is 0 Å². The van der Waals surface area contributed by atoms with Gasteiger partial charge in [0.15, 0.2) is 34.0 Å². The van der Waals surface area contributed by atoms with Crippen molar-refractivity contribution in [1.82, 2.24) is 0 Å². The molecule has 0 spiro atoms. The minimum Gasteiger partial charge on any atom is -0.508 e. The van der Waals surface area contributed by atoms with Gasteiger partial charge < -0.3 is 14.6 Å². The molecule has 1 aliphatic rings. The number of hydrogen-bond acceptors (Lipinski definition) is 5. The highest BCUT2D eigenvalue weighted by atomic mass is 32.2. The molecule has 1 aliphatic carbocycles. The summed E-state index contributed by atoms with van der Waals surface area (Å²) in [5.74, 6) is -0.115. The summed E-state index contributed by atoms with van der Waals surface area (Å²) in [5.41, 5.74) is 8.29. The highest BCUT2D eigenvalue weighted by Gasteiger charge is 2.19. The Labute approximate surface area is 280 Å². The third kappa shape index (κ3) is 8.24. The SMILES string of the molecule is CCN(Cc1cccc(S(=O)O)c1)c1ccc(C(=C2C=CC(=[N+](CC)Cc3cccc(C)c3)C=C2)c2ccc(O)cc2[SH](=O)=O)cc1. The summed E-state index contributed by atoms with van der Waals surface area (Å²) in [6.07, 6.45) is 8.16. The van der Waals surface area contributed by atoms with Crippen molar-refractivity contribution in [3.8, 4) is 5.75 Å². The van der Waals surface area contributed by atoms with E-state index in [9.17, 15) is 22.3 Å². The van der Waals surface area contributed by atoms with Crippen LogP contribution in [0.1, 0.15) is 41.7 Å². The topological polar surface area (TPSA) is 97.9 Å². The van der Waals surface area contributed by atoms with E-state index in [-0.39, 0.29) is 10.6 Å². The molecule has 0 fully saturated rings. The number of rotatable bonds is 11. The predicted octanol–water partition coefficient (Wildman–Crippen LogP) is 6.88. The summed E-state index contributed by atoms with van der Waals surface area (Å²) in [5, 5.41) is 10.1. The average molecular weight is 668 g/mol. The van der Waals surface area contributed by atoms with Crippen molar-refractivity contribution in [3.63, 3.8) is 0 Å². The molecule has 9 heteroatoms. The summed E-state index contributed by atoms with van der Waals surface area (Å²) in [7, 11) is -2.99. The molecule has 0 aromatic heterocycles. The zero-order valence-electron chi connectivity index (χ0n) is 26.7. The molecule has 0 saturated heterocycles. The van der Waals surface area contributed by atoms with Crippen molar-refractivity contribution < 1.29 is 26.9 Å². The molecule has 4 aromatic rings. The van der Waals surface area contributed by atoms with E-state index in [1.54, 1.807) is 24.3 Å². The molecule has 5 rings (SSSR count). The van der Waals surface area contributed by atoms with Crippen molar-refractivity contribution in [3.05, 3.63) is 149 Å². The second-order valence-electron chi connectivity index (χ2n) is 11.3. The van der Waals surface area contributed by atoms with E-state index in [4.69, 9.17) is 0 Å². The quantitative estimate of drug-likeness (QED) is 0.0917. The molecule has 4 aromatic carbocycles. The van der Waals surface area contributed by atoms with Crippen LogP contribution in [-0.2, 0) is 34.9 Å². The van der Waals surface area contributed by atoms with Crippen LogP contribution in [0.4, 0.5) is 5.69 Å². The monoisotopic (exact) mass is 667 g/mol. The van der Waals surface area contributed by atoms with Crippen LogP contribution in [0.5, 0.6) is 5.75 Å². The third-order valence-electron chi connectivity index (χ3n) is 8.18. The molecule has 0 aliphatic heterocycles. The van der Waals surface area contributed by atoms with Gasteiger partial charge in [0, 0.05) is 42.1 Å². The molecule has 0 saturated carbocycles. The van der Waals surface area contributed by atoms with E-state index in [1.165, 1.54) is 23.3 Å². The lowest BCUT2D eigenvalue weighted by Gasteiger charge is -2.24. The lowest BCUT2D eigenvalue weighted by atomic mass is 9.90. The van der Waals surface area contributed by atoms with Gasteiger partial charge in [0.25, 0.3) is 0 Å². The average Bonchev–Trinajstić information content (AvgIpc) is 3.07. The van der Waals surface area contributed by atoms with E-state index in [0.717, 1.165) is 46.8 Å². The minimum absolute atomic E-state index is 0.0501. The van der Waals surface area contributed by atoms with E-state index in [2.05, 4.69) is 59.7 Å². The molecule has 2 N–H and O–H groups in total. The molecule has 47 heavy (non-hydrogen) atoms. The van der Waals surface area contributed by atoms with Gasteiger partial charge in [-0.25, -0.2) is 17.2 Å². The van der Waals surface area contributed by atoms with Crippen LogP contribution >= 0.6 is 0 Å². The Morgan fingerprint density at radius 1 is 0.851 bits per heavy atom. The Morgan fingerprint density at radius 2 is 1.55 bits per heavy atom. The van der Waals surface area contributed by atoms with E-state index in [1.807, 2.05) is 49.4 Å². The van der Waals surface area contributed by atoms with E-state index < -0.39 is 21.8 Å². The van der Waals surface area contributed by atoms with E-state index in [0.29, 0.717) is 23.5 Å². The normalized spacial score (nSPS) is 13.2. The molecule has 1 atom stereocenters. The summed E-state index contributed by atoms with van der Waals surface area (Å²) in [4.78, 5) is 2.57. The molecular formula is C38H39N2O5S2+. The fraction of sp³-hybridized carbons (Fsp3) is 0.184. The first-order valence-corrected chi connectivity index (χ1v) is 17.8. The van der Waals surface area contributed by atoms with Crippen LogP contribution in [0.3, 0.4) is 0 Å². The highest BCUT2D eigenvalue weighted by molar-refractivity contribution is 7.79. The largest absolute Gasteiger partial charge is 0.508 e. The van der Waals surface area contributed by atoms with Crippen molar-refractivity contribution in [2.45, 2.75) is 43.7 Å². The van der Waals surface area contributed by atoms with Gasteiger partial charge in [0.1, 0.15) is 12.3 Å². The molecule has 1 unspecified atom stereocenters. The highest BCUT2D eigenvalue weighted by Crippen LogP contribution is 2.35. The van der Waals surface area contributed by atoms with Gasteiger partial charge in [-0.05, 0) is 104 Å². The number of thiol groups is 1. The van der Waals surface area contributed by atoms with E-state index >= 15 is 0 Å². The number of hydrogen-bond donors (Lipinski definition) is 3. The second kappa shape index (κ2) is 15.3. The maximum atomic E-state index is 12.4. The Morgan fingerprint density at radius 3 is 2.19 bits per heavy atom. The van der Waals surface area contributed by atoms with Crippen LogP contribution in [0, 0.1) is 6.92 Å². The van der Waals surface area contributed by atoms with Crippen LogP contribution in [-0.4, -0.2) is 45.7 Å². The number of allylic oxidation sites excluding steroid dienone is 5. The van der Waals surface area contributed by atoms with Crippen LogP contribution in [0.25, 0.3) is 5.57 Å². The molecule has 0 amide bonds. The van der Waals surface area contributed by atoms with Crippen LogP contribution < -0.4 is 4.90 Å². The smallest absolute Gasteiger partial charge is 0.200 e. The predicted molar refractivity (Wildman–Crippen MR) is 190 cm³/mol. The van der Waals surface area contributed by atoms with Gasteiger partial charge in [-0.2, -0.15) is 0 Å². The number of aromatic hydroxyl groups is 1. The van der Waals surface area contributed by atoms with Gasteiger partial charge in [0.05, 0.1) is 9.79 Å². The van der Waals surface area contributed by atoms with Crippen LogP contribution in [0.2, 0.25) is 0 Å². The number of phenolic OH excluding ortho intramolecular Hbond substituents is 1. The summed E-state index contributed by atoms with van der Waals surface area (Å²) < 4.78 is 48.2. The number of benzene rings is 4. The maximum Gasteiger partial charge on any atom is 0.200 e. The fourth-order valence-corrected chi connectivity index (χ4v) is 6.88. The third-order valence-corrected chi connectivity index (χ3v) is 9.60. The molecule has 0 radical (unpaired) electrons. The first-order valence-electron chi connectivity index (χ1n) is 15.5.